The molecule has 25 heavy (non-hydrogen) atoms. The van der Waals surface area contributed by atoms with Gasteiger partial charge in [-0.3, -0.25) is 4.79 Å². The number of hydrogen-bond acceptors (Lipinski definition) is 3. The number of hydrogen-bond donors (Lipinski definition) is 2. The summed E-state index contributed by atoms with van der Waals surface area (Å²) in [6, 6.07) is 0.0283. The molecule has 3 rings (SSSR count). The lowest BCUT2D eigenvalue weighted by molar-refractivity contribution is -0.150. The Morgan fingerprint density at radius 2 is 1.52 bits per heavy atom. The van der Waals surface area contributed by atoms with E-state index < -0.39 is 11.5 Å². The quantitative estimate of drug-likeness (QED) is 0.811. The number of likely N-dealkylation sites (tertiary alicyclic amines) is 2. The van der Waals surface area contributed by atoms with Crippen LogP contribution >= 0.6 is 0 Å². The van der Waals surface area contributed by atoms with Crippen LogP contribution in [-0.2, 0) is 9.59 Å². The highest BCUT2D eigenvalue weighted by molar-refractivity contribution is 5.88. The van der Waals surface area contributed by atoms with Gasteiger partial charge in [-0.1, -0.05) is 19.3 Å². The van der Waals surface area contributed by atoms with Crippen LogP contribution in [0.5, 0.6) is 0 Å². The van der Waals surface area contributed by atoms with Crippen molar-refractivity contribution in [3.05, 3.63) is 0 Å². The Kier molecular flexibility index (Phi) is 5.49. The molecule has 3 aliphatic rings. The molecular formula is C18H29N3O4. The maximum absolute atomic E-state index is 12.7. The zero-order chi connectivity index (χ0) is 17.9. The average Bonchev–Trinajstić information content (AvgIpc) is 3.16. The molecule has 7 nitrogen and oxygen atoms in total. The van der Waals surface area contributed by atoms with Gasteiger partial charge >= 0.3 is 12.0 Å². The molecule has 2 N–H and O–H groups in total. The van der Waals surface area contributed by atoms with Crippen LogP contribution in [0.1, 0.15) is 57.8 Å². The van der Waals surface area contributed by atoms with E-state index in [1.807, 2.05) is 4.90 Å². The number of nitrogens with zero attached hydrogens (tertiary/aromatic N) is 2. The third-order valence-corrected chi connectivity index (χ3v) is 5.92. The van der Waals surface area contributed by atoms with E-state index in [2.05, 4.69) is 5.32 Å². The first kappa shape index (κ1) is 18.0. The number of carboxylic acid groups (broad SMARTS) is 1. The molecule has 0 spiro atoms. The Labute approximate surface area is 148 Å². The lowest BCUT2D eigenvalue weighted by Gasteiger charge is -2.38. The van der Waals surface area contributed by atoms with Crippen molar-refractivity contribution in [2.24, 2.45) is 5.92 Å². The van der Waals surface area contributed by atoms with Crippen molar-refractivity contribution in [2.45, 2.75) is 63.3 Å². The zero-order valence-electron chi connectivity index (χ0n) is 14.8. The van der Waals surface area contributed by atoms with E-state index in [4.69, 9.17) is 0 Å². The van der Waals surface area contributed by atoms with Gasteiger partial charge in [0.1, 0.15) is 5.54 Å². The van der Waals surface area contributed by atoms with Crippen LogP contribution in [0.25, 0.3) is 0 Å². The molecule has 0 unspecified atom stereocenters. The summed E-state index contributed by atoms with van der Waals surface area (Å²) in [6.45, 7) is 2.68. The minimum Gasteiger partial charge on any atom is -0.480 e. The van der Waals surface area contributed by atoms with Gasteiger partial charge in [0, 0.05) is 26.2 Å². The van der Waals surface area contributed by atoms with Gasteiger partial charge in [-0.2, -0.15) is 0 Å². The van der Waals surface area contributed by atoms with E-state index in [9.17, 15) is 19.5 Å². The Morgan fingerprint density at radius 3 is 2.16 bits per heavy atom. The van der Waals surface area contributed by atoms with E-state index in [0.29, 0.717) is 32.4 Å². The molecule has 7 heteroatoms. The summed E-state index contributed by atoms with van der Waals surface area (Å²) in [5.74, 6) is -1.44. The van der Waals surface area contributed by atoms with E-state index in [1.54, 1.807) is 4.90 Å². The maximum Gasteiger partial charge on any atom is 0.329 e. The highest BCUT2D eigenvalue weighted by atomic mass is 16.4. The third-order valence-electron chi connectivity index (χ3n) is 5.92. The number of carbonyl (C=O) groups is 3. The normalized spacial score (nSPS) is 26.3. The number of rotatable bonds is 3. The third kappa shape index (κ3) is 3.90. The molecule has 2 heterocycles. The molecule has 0 aromatic carbocycles. The molecule has 0 aromatic rings. The van der Waals surface area contributed by atoms with Crippen LogP contribution in [-0.4, -0.2) is 64.5 Å². The SMILES string of the molecule is O=C(NC1(C(=O)O)CCCCC1)[C@@H]1CCCN(C(=O)N2CCCC2)C1. The van der Waals surface area contributed by atoms with Gasteiger partial charge in [0.05, 0.1) is 5.92 Å². The number of aliphatic carboxylic acids is 1. The lowest BCUT2D eigenvalue weighted by Crippen LogP contribution is -2.58. The van der Waals surface area contributed by atoms with Gasteiger partial charge in [-0.25, -0.2) is 9.59 Å². The van der Waals surface area contributed by atoms with E-state index in [0.717, 1.165) is 51.6 Å². The number of piperidine rings is 1. The number of nitrogens with one attached hydrogen (secondary N) is 1. The second-order valence-corrected chi connectivity index (χ2v) is 7.70. The monoisotopic (exact) mass is 351 g/mol. The largest absolute Gasteiger partial charge is 0.480 e. The Bertz CT molecular complexity index is 524. The van der Waals surface area contributed by atoms with E-state index in [-0.39, 0.29) is 17.9 Å². The first-order valence-corrected chi connectivity index (χ1v) is 9.61. The summed E-state index contributed by atoms with van der Waals surface area (Å²) in [7, 11) is 0. The molecule has 140 valence electrons. The van der Waals surface area contributed by atoms with Crippen molar-refractivity contribution < 1.29 is 19.5 Å². The standard InChI is InChI=1S/C18H29N3O4/c22-15(19-18(16(23)24)8-2-1-3-9-18)14-7-6-12-21(13-14)17(25)20-10-4-5-11-20/h14H,1-13H2,(H,19,22)(H,23,24)/t14-/m1/s1. The predicted octanol–water partition coefficient (Wildman–Crippen LogP) is 1.82. The Balaban J connectivity index is 1.61. The fourth-order valence-electron chi connectivity index (χ4n) is 4.36. The van der Waals surface area contributed by atoms with Crippen LogP contribution in [0.3, 0.4) is 0 Å². The first-order valence-electron chi connectivity index (χ1n) is 9.61. The van der Waals surface area contributed by atoms with Crippen molar-refractivity contribution in [2.75, 3.05) is 26.2 Å². The zero-order valence-corrected chi connectivity index (χ0v) is 14.8. The molecule has 3 fully saturated rings. The Morgan fingerprint density at radius 1 is 0.880 bits per heavy atom. The van der Waals surface area contributed by atoms with Gasteiger partial charge in [0.25, 0.3) is 0 Å². The highest BCUT2D eigenvalue weighted by Gasteiger charge is 2.43. The highest BCUT2D eigenvalue weighted by Crippen LogP contribution is 2.30. The van der Waals surface area contributed by atoms with Crippen molar-refractivity contribution in [3.63, 3.8) is 0 Å². The molecule has 2 saturated heterocycles. The summed E-state index contributed by atoms with van der Waals surface area (Å²) in [6.07, 6.45) is 7.27. The summed E-state index contributed by atoms with van der Waals surface area (Å²) in [5, 5.41) is 12.5. The topological polar surface area (TPSA) is 90.0 Å². The van der Waals surface area contributed by atoms with Gasteiger partial charge < -0.3 is 20.2 Å². The van der Waals surface area contributed by atoms with Gasteiger partial charge in [-0.05, 0) is 38.5 Å². The summed E-state index contributed by atoms with van der Waals surface area (Å²) >= 11 is 0. The smallest absolute Gasteiger partial charge is 0.329 e. The number of urea groups is 1. The minimum absolute atomic E-state index is 0.0283. The van der Waals surface area contributed by atoms with Crippen LogP contribution in [0, 0.1) is 5.92 Å². The van der Waals surface area contributed by atoms with Gasteiger partial charge in [0.2, 0.25) is 5.91 Å². The van der Waals surface area contributed by atoms with E-state index in [1.165, 1.54) is 0 Å². The number of carboxylic acids is 1. The predicted molar refractivity (Wildman–Crippen MR) is 92.1 cm³/mol. The molecule has 0 radical (unpaired) electrons. The molecule has 1 atom stereocenters. The molecule has 0 aromatic heterocycles. The molecule has 0 bridgehead atoms. The summed E-state index contributed by atoms with van der Waals surface area (Å²) in [5.41, 5.74) is -1.11. The van der Waals surface area contributed by atoms with Gasteiger partial charge in [0.15, 0.2) is 0 Å². The minimum atomic E-state index is -1.11. The fraction of sp³-hybridized carbons (Fsp3) is 0.833. The summed E-state index contributed by atoms with van der Waals surface area (Å²) < 4.78 is 0. The number of carbonyl (C=O) groups excluding carboxylic acids is 2. The van der Waals surface area contributed by atoms with Crippen LogP contribution in [0.2, 0.25) is 0 Å². The van der Waals surface area contributed by atoms with Crippen LogP contribution in [0.15, 0.2) is 0 Å². The van der Waals surface area contributed by atoms with Crippen molar-refractivity contribution in [1.82, 2.24) is 15.1 Å². The first-order chi connectivity index (χ1) is 12.0. The Hall–Kier alpha value is -1.79. The van der Waals surface area contributed by atoms with Crippen molar-refractivity contribution in [1.29, 1.82) is 0 Å². The average molecular weight is 351 g/mol. The van der Waals surface area contributed by atoms with Crippen molar-refractivity contribution in [3.8, 4) is 0 Å². The van der Waals surface area contributed by atoms with Crippen LogP contribution < -0.4 is 5.32 Å². The van der Waals surface area contributed by atoms with Crippen LogP contribution in [0.4, 0.5) is 4.79 Å². The lowest BCUT2D eigenvalue weighted by atomic mass is 9.81. The molecule has 3 amide bonds. The second kappa shape index (κ2) is 7.62. The summed E-state index contributed by atoms with van der Waals surface area (Å²) in [4.78, 5) is 40.7. The second-order valence-electron chi connectivity index (χ2n) is 7.70. The molecule has 1 saturated carbocycles. The molecular weight excluding hydrogens is 322 g/mol. The van der Waals surface area contributed by atoms with Gasteiger partial charge in [-0.15, -0.1) is 0 Å². The molecule has 2 aliphatic heterocycles. The maximum atomic E-state index is 12.7. The fourth-order valence-corrected chi connectivity index (χ4v) is 4.36. The molecule has 1 aliphatic carbocycles. The van der Waals surface area contributed by atoms with Crippen molar-refractivity contribution >= 4 is 17.9 Å². The van der Waals surface area contributed by atoms with E-state index >= 15 is 0 Å². The number of amides is 3.